The van der Waals surface area contributed by atoms with E-state index in [-0.39, 0.29) is 5.91 Å². The molecule has 3 aliphatic heterocycles. The van der Waals surface area contributed by atoms with Crippen LogP contribution >= 0.6 is 0 Å². The average molecular weight is 294 g/mol. The molecular weight excluding hydrogens is 276 g/mol. The summed E-state index contributed by atoms with van der Waals surface area (Å²) < 4.78 is 5.73. The Morgan fingerprint density at radius 3 is 3.05 bits per heavy atom. The average Bonchev–Trinajstić information content (AvgIpc) is 2.72. The van der Waals surface area contributed by atoms with Crippen molar-refractivity contribution in [3.8, 4) is 5.75 Å². The van der Waals surface area contributed by atoms with Crippen LogP contribution in [-0.4, -0.2) is 29.8 Å². The summed E-state index contributed by atoms with van der Waals surface area (Å²) in [6.07, 6.45) is 8.22. The fourth-order valence-electron chi connectivity index (χ4n) is 3.14. The van der Waals surface area contributed by atoms with E-state index in [2.05, 4.69) is 11.1 Å². The summed E-state index contributed by atoms with van der Waals surface area (Å²) in [7, 11) is 0. The predicted octanol–water partition coefficient (Wildman–Crippen LogP) is 3.16. The highest BCUT2D eigenvalue weighted by Gasteiger charge is 2.30. The topological polar surface area (TPSA) is 41.9 Å². The van der Waals surface area contributed by atoms with E-state index in [0.717, 1.165) is 48.5 Å². The zero-order valence-electron chi connectivity index (χ0n) is 12.4. The van der Waals surface area contributed by atoms with Crippen molar-refractivity contribution in [2.24, 2.45) is 4.99 Å². The first-order valence-electron chi connectivity index (χ1n) is 7.85. The van der Waals surface area contributed by atoms with Crippen molar-refractivity contribution in [1.29, 1.82) is 0 Å². The summed E-state index contributed by atoms with van der Waals surface area (Å²) >= 11 is 0. The number of hydrogen-bond donors (Lipinski definition) is 0. The first-order valence-corrected chi connectivity index (χ1v) is 7.85. The van der Waals surface area contributed by atoms with Gasteiger partial charge in [0, 0.05) is 18.5 Å². The van der Waals surface area contributed by atoms with Gasteiger partial charge in [0.05, 0.1) is 0 Å². The van der Waals surface area contributed by atoms with Gasteiger partial charge < -0.3 is 4.74 Å². The number of fused-ring (bicyclic) bond motifs is 2. The maximum Gasteiger partial charge on any atom is 0.277 e. The second kappa shape index (κ2) is 5.44. The van der Waals surface area contributed by atoms with Gasteiger partial charge in [0.2, 0.25) is 0 Å². The van der Waals surface area contributed by atoms with Gasteiger partial charge >= 0.3 is 0 Å². The lowest BCUT2D eigenvalue weighted by Crippen LogP contribution is -2.31. The van der Waals surface area contributed by atoms with E-state index in [1.165, 1.54) is 6.42 Å². The predicted molar refractivity (Wildman–Crippen MR) is 85.6 cm³/mol. The van der Waals surface area contributed by atoms with Crippen LogP contribution in [-0.2, 0) is 4.79 Å². The molecule has 0 N–H and O–H groups in total. The number of amidine groups is 1. The normalized spacial score (nSPS) is 22.5. The van der Waals surface area contributed by atoms with Crippen LogP contribution in [0, 0.1) is 0 Å². The van der Waals surface area contributed by atoms with Crippen molar-refractivity contribution in [3.05, 3.63) is 47.2 Å². The molecule has 0 unspecified atom stereocenters. The van der Waals surface area contributed by atoms with Crippen molar-refractivity contribution in [1.82, 2.24) is 4.90 Å². The van der Waals surface area contributed by atoms with Crippen LogP contribution in [0.4, 0.5) is 0 Å². The number of para-hydroxylation sites is 1. The minimum atomic E-state index is 0.0386. The van der Waals surface area contributed by atoms with Gasteiger partial charge in [0.25, 0.3) is 5.91 Å². The Kier molecular flexibility index (Phi) is 3.29. The van der Waals surface area contributed by atoms with Gasteiger partial charge in [-0.05, 0) is 36.6 Å². The third-order valence-electron chi connectivity index (χ3n) is 4.28. The molecular formula is C18H18N2O2. The number of aliphatic imine (C=N–C) groups is 1. The second-order valence-electron chi connectivity index (χ2n) is 5.87. The summed E-state index contributed by atoms with van der Waals surface area (Å²) in [6.45, 7) is 1.28. The van der Waals surface area contributed by atoms with Crippen LogP contribution < -0.4 is 4.74 Å². The van der Waals surface area contributed by atoms with Crippen LogP contribution in [0.1, 0.15) is 31.2 Å². The molecule has 3 heterocycles. The van der Waals surface area contributed by atoms with E-state index in [1.807, 2.05) is 35.2 Å². The Bertz CT molecular complexity index is 716. The number of hydrogen-bond acceptors (Lipinski definition) is 3. The third-order valence-corrected chi connectivity index (χ3v) is 4.28. The number of benzene rings is 1. The van der Waals surface area contributed by atoms with Gasteiger partial charge in [-0.2, -0.15) is 0 Å². The Balaban J connectivity index is 1.64. The molecule has 1 amide bonds. The molecule has 4 heteroatoms. The largest absolute Gasteiger partial charge is 0.488 e. The molecule has 1 aromatic rings. The molecule has 0 aliphatic carbocycles. The zero-order valence-corrected chi connectivity index (χ0v) is 12.4. The maximum atomic E-state index is 12.5. The summed E-state index contributed by atoms with van der Waals surface area (Å²) in [5.74, 6) is 1.87. The quantitative estimate of drug-likeness (QED) is 0.747. The zero-order chi connectivity index (χ0) is 14.9. The molecule has 0 bridgehead atoms. The fraction of sp³-hybridized carbons (Fsp3) is 0.333. The van der Waals surface area contributed by atoms with E-state index >= 15 is 0 Å². The van der Waals surface area contributed by atoms with Gasteiger partial charge in [0.15, 0.2) is 0 Å². The highest BCUT2D eigenvalue weighted by Crippen LogP contribution is 2.28. The molecule has 1 saturated heterocycles. The number of nitrogens with zero attached hydrogens (tertiary/aromatic N) is 2. The van der Waals surface area contributed by atoms with Gasteiger partial charge in [-0.3, -0.25) is 9.69 Å². The molecule has 1 aromatic carbocycles. The van der Waals surface area contributed by atoms with Gasteiger partial charge in [-0.15, -0.1) is 0 Å². The monoisotopic (exact) mass is 294 g/mol. The lowest BCUT2D eigenvalue weighted by atomic mass is 10.1. The minimum Gasteiger partial charge on any atom is -0.488 e. The molecule has 22 heavy (non-hydrogen) atoms. The molecule has 0 aromatic heterocycles. The molecule has 0 atom stereocenters. The van der Waals surface area contributed by atoms with Gasteiger partial charge in [0.1, 0.15) is 23.9 Å². The van der Waals surface area contributed by atoms with Gasteiger partial charge in [-0.25, -0.2) is 4.99 Å². The molecule has 3 aliphatic rings. The highest BCUT2D eigenvalue weighted by molar-refractivity contribution is 6.12. The number of ether oxygens (including phenoxy) is 1. The SMILES string of the molecule is O=C1C(=CC2=Cc3ccccc3OC2)N=C2CCCCCN12. The van der Waals surface area contributed by atoms with E-state index in [0.29, 0.717) is 12.3 Å². The minimum absolute atomic E-state index is 0.0386. The van der Waals surface area contributed by atoms with E-state index in [4.69, 9.17) is 4.74 Å². The molecule has 4 rings (SSSR count). The molecule has 0 radical (unpaired) electrons. The number of carbonyl (C=O) groups excluding carboxylic acids is 1. The van der Waals surface area contributed by atoms with Crippen molar-refractivity contribution < 1.29 is 9.53 Å². The number of amides is 1. The van der Waals surface area contributed by atoms with Crippen LogP contribution in [0.2, 0.25) is 0 Å². The summed E-state index contributed by atoms with van der Waals surface area (Å²) in [4.78, 5) is 18.9. The lowest BCUT2D eigenvalue weighted by molar-refractivity contribution is -0.122. The first kappa shape index (κ1) is 13.3. The van der Waals surface area contributed by atoms with E-state index in [9.17, 15) is 4.79 Å². The van der Waals surface area contributed by atoms with Crippen molar-refractivity contribution in [3.63, 3.8) is 0 Å². The van der Waals surface area contributed by atoms with E-state index < -0.39 is 0 Å². The Morgan fingerprint density at radius 1 is 1.18 bits per heavy atom. The Hall–Kier alpha value is -2.36. The van der Waals surface area contributed by atoms with Gasteiger partial charge in [-0.1, -0.05) is 24.6 Å². The fourth-order valence-corrected chi connectivity index (χ4v) is 3.14. The highest BCUT2D eigenvalue weighted by atomic mass is 16.5. The van der Waals surface area contributed by atoms with Crippen LogP contribution in [0.25, 0.3) is 6.08 Å². The molecule has 0 saturated carbocycles. The van der Waals surface area contributed by atoms with Crippen LogP contribution in [0.3, 0.4) is 0 Å². The molecule has 112 valence electrons. The molecule has 1 fully saturated rings. The van der Waals surface area contributed by atoms with Crippen molar-refractivity contribution >= 4 is 17.8 Å². The Labute approximate surface area is 129 Å². The molecule has 4 nitrogen and oxygen atoms in total. The summed E-state index contributed by atoms with van der Waals surface area (Å²) in [5, 5.41) is 0. The van der Waals surface area contributed by atoms with Crippen LogP contribution in [0.15, 0.2) is 46.6 Å². The van der Waals surface area contributed by atoms with Crippen LogP contribution in [0.5, 0.6) is 5.75 Å². The number of carbonyl (C=O) groups is 1. The lowest BCUT2D eigenvalue weighted by Gasteiger charge is -2.16. The summed E-state index contributed by atoms with van der Waals surface area (Å²) in [6, 6.07) is 7.92. The Morgan fingerprint density at radius 2 is 2.09 bits per heavy atom. The maximum absolute atomic E-state index is 12.5. The second-order valence-corrected chi connectivity index (χ2v) is 5.87. The standard InChI is InChI=1S/C18H18N2O2/c21-18-15(19-17-8-2-1-5-9-20(17)18)11-13-10-14-6-3-4-7-16(14)22-12-13/h3-4,6-7,10-11H,1-2,5,8-9,12H2. The van der Waals surface area contributed by atoms with Crippen molar-refractivity contribution in [2.45, 2.75) is 25.7 Å². The smallest absolute Gasteiger partial charge is 0.277 e. The molecule has 0 spiro atoms. The van der Waals surface area contributed by atoms with Crippen molar-refractivity contribution in [2.75, 3.05) is 13.2 Å². The number of rotatable bonds is 1. The van der Waals surface area contributed by atoms with E-state index in [1.54, 1.807) is 0 Å². The summed E-state index contributed by atoms with van der Waals surface area (Å²) in [5.41, 5.74) is 2.59. The first-order chi connectivity index (χ1) is 10.8. The third kappa shape index (κ3) is 2.34.